The number of halogens is 1. The predicted octanol–water partition coefficient (Wildman–Crippen LogP) is 3.83. The Morgan fingerprint density at radius 3 is 2.82 bits per heavy atom. The standard InChI is InChI=1S/C19H15ClN6O2/c1-11-8-12(2)26-19(22-11)24-17(25-26)18(27)23-15-9-13(20)5-6-16(15)28-14-4-3-7-21-10-14/h3-10H,1-2H3,(H,23,27). The highest BCUT2D eigenvalue weighted by Crippen LogP contribution is 2.32. The van der Waals surface area contributed by atoms with E-state index in [0.717, 1.165) is 11.4 Å². The van der Waals surface area contributed by atoms with Gasteiger partial charge in [0.1, 0.15) is 5.75 Å². The Bertz CT molecular complexity index is 1180. The van der Waals surface area contributed by atoms with E-state index in [1.54, 1.807) is 42.7 Å². The summed E-state index contributed by atoms with van der Waals surface area (Å²) in [6.07, 6.45) is 3.21. The van der Waals surface area contributed by atoms with E-state index in [1.165, 1.54) is 4.52 Å². The van der Waals surface area contributed by atoms with Crippen LogP contribution >= 0.6 is 11.6 Å². The van der Waals surface area contributed by atoms with Crippen molar-refractivity contribution < 1.29 is 9.53 Å². The summed E-state index contributed by atoms with van der Waals surface area (Å²) in [5.41, 5.74) is 2.02. The molecule has 1 amide bonds. The first-order valence-electron chi connectivity index (χ1n) is 8.39. The van der Waals surface area contributed by atoms with Crippen molar-refractivity contribution in [2.45, 2.75) is 13.8 Å². The molecule has 0 aliphatic heterocycles. The molecule has 28 heavy (non-hydrogen) atoms. The van der Waals surface area contributed by atoms with E-state index < -0.39 is 5.91 Å². The lowest BCUT2D eigenvalue weighted by atomic mass is 10.3. The molecule has 140 valence electrons. The third kappa shape index (κ3) is 3.63. The lowest BCUT2D eigenvalue weighted by molar-refractivity contribution is 0.101. The van der Waals surface area contributed by atoms with Crippen LogP contribution in [0, 0.1) is 13.8 Å². The second-order valence-electron chi connectivity index (χ2n) is 6.07. The van der Waals surface area contributed by atoms with Crippen molar-refractivity contribution in [3.05, 3.63) is 71.0 Å². The molecule has 4 rings (SSSR count). The van der Waals surface area contributed by atoms with Crippen molar-refractivity contribution in [2.75, 3.05) is 5.32 Å². The van der Waals surface area contributed by atoms with Gasteiger partial charge in [-0.3, -0.25) is 9.78 Å². The average Bonchev–Trinajstić information content (AvgIpc) is 3.09. The van der Waals surface area contributed by atoms with Gasteiger partial charge in [-0.15, -0.1) is 5.10 Å². The molecule has 0 aliphatic rings. The number of aryl methyl sites for hydroxylation is 2. The highest BCUT2D eigenvalue weighted by atomic mass is 35.5. The molecule has 8 nitrogen and oxygen atoms in total. The van der Waals surface area contributed by atoms with Gasteiger partial charge in [-0.05, 0) is 50.2 Å². The molecule has 1 aromatic carbocycles. The zero-order chi connectivity index (χ0) is 19.7. The molecule has 3 aromatic heterocycles. The highest BCUT2D eigenvalue weighted by Gasteiger charge is 2.17. The Kier molecular flexibility index (Phi) is 4.62. The number of aromatic nitrogens is 5. The van der Waals surface area contributed by atoms with Crippen molar-refractivity contribution in [1.82, 2.24) is 24.6 Å². The third-order valence-corrected chi connectivity index (χ3v) is 4.11. The highest BCUT2D eigenvalue weighted by molar-refractivity contribution is 6.31. The van der Waals surface area contributed by atoms with Crippen molar-refractivity contribution in [3.63, 3.8) is 0 Å². The number of benzene rings is 1. The van der Waals surface area contributed by atoms with E-state index >= 15 is 0 Å². The quantitative estimate of drug-likeness (QED) is 0.565. The van der Waals surface area contributed by atoms with Gasteiger partial charge < -0.3 is 10.1 Å². The second-order valence-corrected chi connectivity index (χ2v) is 6.51. The summed E-state index contributed by atoms with van der Waals surface area (Å²) >= 11 is 6.09. The second kappa shape index (κ2) is 7.24. The maximum Gasteiger partial charge on any atom is 0.295 e. The fourth-order valence-electron chi connectivity index (χ4n) is 2.66. The number of rotatable bonds is 4. The molecular weight excluding hydrogens is 380 g/mol. The molecule has 0 spiro atoms. The van der Waals surface area contributed by atoms with Crippen LogP contribution in [0.25, 0.3) is 5.78 Å². The fourth-order valence-corrected chi connectivity index (χ4v) is 2.84. The molecule has 9 heteroatoms. The number of hydrogen-bond acceptors (Lipinski definition) is 6. The Balaban J connectivity index is 1.64. The lowest BCUT2D eigenvalue weighted by Crippen LogP contribution is -2.14. The van der Waals surface area contributed by atoms with E-state index in [2.05, 4.69) is 25.4 Å². The van der Waals surface area contributed by atoms with E-state index in [0.29, 0.717) is 28.0 Å². The summed E-state index contributed by atoms with van der Waals surface area (Å²) in [7, 11) is 0. The van der Waals surface area contributed by atoms with Crippen molar-refractivity contribution in [1.29, 1.82) is 0 Å². The molecule has 0 atom stereocenters. The van der Waals surface area contributed by atoms with Crippen LogP contribution in [-0.4, -0.2) is 30.5 Å². The minimum atomic E-state index is -0.499. The van der Waals surface area contributed by atoms with Crippen LogP contribution in [0.4, 0.5) is 5.69 Å². The third-order valence-electron chi connectivity index (χ3n) is 3.87. The molecular formula is C19H15ClN6O2. The van der Waals surface area contributed by atoms with Crippen LogP contribution in [0.2, 0.25) is 5.02 Å². The number of carbonyl (C=O) groups excluding carboxylic acids is 1. The van der Waals surface area contributed by atoms with Crippen LogP contribution in [0.5, 0.6) is 11.5 Å². The van der Waals surface area contributed by atoms with Gasteiger partial charge in [0.2, 0.25) is 5.82 Å². The van der Waals surface area contributed by atoms with Crippen LogP contribution < -0.4 is 10.1 Å². The smallest absolute Gasteiger partial charge is 0.295 e. The molecule has 0 aliphatic carbocycles. The molecule has 0 unspecified atom stereocenters. The number of nitrogens with zero attached hydrogens (tertiary/aromatic N) is 5. The number of ether oxygens (including phenoxy) is 1. The van der Waals surface area contributed by atoms with Crippen LogP contribution in [0.15, 0.2) is 48.8 Å². The maximum atomic E-state index is 12.7. The number of anilines is 1. The van der Waals surface area contributed by atoms with E-state index in [4.69, 9.17) is 16.3 Å². The first kappa shape index (κ1) is 17.9. The molecule has 0 saturated heterocycles. The largest absolute Gasteiger partial charge is 0.454 e. The van der Waals surface area contributed by atoms with Gasteiger partial charge in [-0.1, -0.05) is 11.6 Å². The van der Waals surface area contributed by atoms with Crippen LogP contribution in [0.3, 0.4) is 0 Å². The van der Waals surface area contributed by atoms with E-state index in [9.17, 15) is 4.79 Å². The molecule has 0 saturated carbocycles. The fraction of sp³-hybridized carbons (Fsp3) is 0.105. The zero-order valence-electron chi connectivity index (χ0n) is 15.0. The molecule has 4 aromatic rings. The molecule has 1 N–H and O–H groups in total. The minimum Gasteiger partial charge on any atom is -0.454 e. The predicted molar refractivity (Wildman–Crippen MR) is 104 cm³/mol. The summed E-state index contributed by atoms with van der Waals surface area (Å²) < 4.78 is 7.32. The maximum absolute atomic E-state index is 12.7. The van der Waals surface area contributed by atoms with Gasteiger partial charge in [0, 0.05) is 22.6 Å². The van der Waals surface area contributed by atoms with E-state index in [1.807, 2.05) is 19.9 Å². The number of pyridine rings is 1. The number of nitrogens with one attached hydrogen (secondary N) is 1. The topological polar surface area (TPSA) is 94.3 Å². The number of hydrogen-bond donors (Lipinski definition) is 1. The zero-order valence-corrected chi connectivity index (χ0v) is 15.8. The van der Waals surface area contributed by atoms with E-state index in [-0.39, 0.29) is 5.82 Å². The molecule has 0 radical (unpaired) electrons. The normalized spacial score (nSPS) is 10.8. The summed E-state index contributed by atoms with van der Waals surface area (Å²) in [5.74, 6) is 0.802. The summed E-state index contributed by atoms with van der Waals surface area (Å²) in [6.45, 7) is 3.73. The lowest BCUT2D eigenvalue weighted by Gasteiger charge is -2.11. The Labute approximate surface area is 165 Å². The first-order valence-corrected chi connectivity index (χ1v) is 8.77. The van der Waals surface area contributed by atoms with Gasteiger partial charge >= 0.3 is 0 Å². The van der Waals surface area contributed by atoms with Crippen molar-refractivity contribution in [2.24, 2.45) is 0 Å². The first-order chi connectivity index (χ1) is 13.5. The van der Waals surface area contributed by atoms with Crippen molar-refractivity contribution >= 4 is 29.0 Å². The summed E-state index contributed by atoms with van der Waals surface area (Å²) in [5, 5.41) is 7.43. The molecule has 3 heterocycles. The summed E-state index contributed by atoms with van der Waals surface area (Å²) in [6, 6.07) is 10.3. The van der Waals surface area contributed by atoms with Crippen molar-refractivity contribution in [3.8, 4) is 11.5 Å². The van der Waals surface area contributed by atoms with Gasteiger partial charge in [-0.2, -0.15) is 4.98 Å². The Morgan fingerprint density at radius 2 is 2.04 bits per heavy atom. The average molecular weight is 395 g/mol. The number of amides is 1. The molecule has 0 fully saturated rings. The monoisotopic (exact) mass is 394 g/mol. The Hall–Kier alpha value is -3.52. The van der Waals surface area contributed by atoms with Crippen LogP contribution in [0.1, 0.15) is 22.0 Å². The minimum absolute atomic E-state index is 0.00602. The number of carbonyl (C=O) groups is 1. The number of fused-ring (bicyclic) bond motifs is 1. The SMILES string of the molecule is Cc1cc(C)n2nc(C(=O)Nc3cc(Cl)ccc3Oc3cccnc3)nc2n1. The molecule has 0 bridgehead atoms. The summed E-state index contributed by atoms with van der Waals surface area (Å²) in [4.78, 5) is 25.2. The Morgan fingerprint density at radius 1 is 1.18 bits per heavy atom. The van der Waals surface area contributed by atoms with Gasteiger partial charge in [0.25, 0.3) is 11.7 Å². The van der Waals surface area contributed by atoms with Crippen LogP contribution in [-0.2, 0) is 0 Å². The van der Waals surface area contributed by atoms with Gasteiger partial charge in [0.15, 0.2) is 5.75 Å². The van der Waals surface area contributed by atoms with Gasteiger partial charge in [-0.25, -0.2) is 9.50 Å². The van der Waals surface area contributed by atoms with Gasteiger partial charge in [0.05, 0.1) is 11.9 Å².